The van der Waals surface area contributed by atoms with Crippen LogP contribution in [0.4, 0.5) is 0 Å². The molecule has 0 spiro atoms. The summed E-state index contributed by atoms with van der Waals surface area (Å²) < 4.78 is 24.4. The van der Waals surface area contributed by atoms with Gasteiger partial charge in [0.25, 0.3) is 0 Å². The van der Waals surface area contributed by atoms with Crippen LogP contribution in [0.25, 0.3) is 0 Å². The van der Waals surface area contributed by atoms with Crippen LogP contribution in [0, 0.1) is 5.92 Å². The highest BCUT2D eigenvalue weighted by atomic mass is 32.2. The molecule has 2 rings (SSSR count). The normalized spacial score (nSPS) is 33.7. The Labute approximate surface area is 121 Å². The fraction of sp³-hybridized carbons (Fsp3) is 1.00. The lowest BCUT2D eigenvalue weighted by atomic mass is 10.0. The number of sulfone groups is 1. The quantitative estimate of drug-likeness (QED) is 0.827. The van der Waals surface area contributed by atoms with Crippen molar-refractivity contribution in [3.63, 3.8) is 0 Å². The second-order valence-corrected chi connectivity index (χ2v) is 9.16. The minimum atomic E-state index is -2.95. The molecule has 0 radical (unpaired) electrons. The standard InChI is InChI=1S/C13H26N2O2S2/c1-3-19(16,17)13-10-18-8-7-15(13)9-11-5-4-6-12(11)14-2/h11-14H,3-10H2,1-2H3. The van der Waals surface area contributed by atoms with Gasteiger partial charge in [0.2, 0.25) is 0 Å². The van der Waals surface area contributed by atoms with E-state index in [0.717, 1.165) is 24.6 Å². The van der Waals surface area contributed by atoms with E-state index in [1.807, 2.05) is 7.05 Å². The van der Waals surface area contributed by atoms with E-state index >= 15 is 0 Å². The van der Waals surface area contributed by atoms with Gasteiger partial charge in [-0.1, -0.05) is 13.3 Å². The maximum absolute atomic E-state index is 12.2. The third-order valence-corrected chi connectivity index (χ3v) is 7.84. The summed E-state index contributed by atoms with van der Waals surface area (Å²) in [6, 6.07) is 0.569. The summed E-state index contributed by atoms with van der Waals surface area (Å²) in [6.07, 6.45) is 3.73. The molecule has 2 aliphatic rings. The molecule has 1 N–H and O–H groups in total. The van der Waals surface area contributed by atoms with Crippen LogP contribution in [0.2, 0.25) is 0 Å². The van der Waals surface area contributed by atoms with Gasteiger partial charge in [0.15, 0.2) is 9.84 Å². The molecule has 3 atom stereocenters. The number of hydrogen-bond donors (Lipinski definition) is 1. The highest BCUT2D eigenvalue weighted by molar-refractivity contribution is 8.01. The van der Waals surface area contributed by atoms with Gasteiger partial charge < -0.3 is 5.32 Å². The second kappa shape index (κ2) is 6.78. The summed E-state index contributed by atoms with van der Waals surface area (Å²) in [4.78, 5) is 2.23. The number of rotatable bonds is 5. The van der Waals surface area contributed by atoms with E-state index in [0.29, 0.717) is 12.0 Å². The van der Waals surface area contributed by atoms with E-state index in [4.69, 9.17) is 0 Å². The van der Waals surface area contributed by atoms with Gasteiger partial charge in [-0.3, -0.25) is 4.90 Å². The van der Waals surface area contributed by atoms with Crippen LogP contribution in [-0.4, -0.2) is 62.1 Å². The Morgan fingerprint density at radius 3 is 2.84 bits per heavy atom. The van der Waals surface area contributed by atoms with Crippen molar-refractivity contribution in [1.82, 2.24) is 10.2 Å². The molecule has 6 heteroatoms. The van der Waals surface area contributed by atoms with Gasteiger partial charge in [0, 0.05) is 36.4 Å². The van der Waals surface area contributed by atoms with Crippen LogP contribution >= 0.6 is 11.8 Å². The number of thioether (sulfide) groups is 1. The number of nitrogens with one attached hydrogen (secondary N) is 1. The molecular formula is C13H26N2O2S2. The monoisotopic (exact) mass is 306 g/mol. The Bertz CT molecular complexity index is 386. The maximum atomic E-state index is 12.2. The highest BCUT2D eigenvalue weighted by Gasteiger charge is 2.36. The first-order valence-corrected chi connectivity index (χ1v) is 10.2. The maximum Gasteiger partial charge on any atom is 0.166 e. The minimum absolute atomic E-state index is 0.255. The predicted octanol–water partition coefficient (Wildman–Crippen LogP) is 1.18. The lowest BCUT2D eigenvalue weighted by Crippen LogP contribution is -2.51. The second-order valence-electron chi connectivity index (χ2n) is 5.56. The highest BCUT2D eigenvalue weighted by Crippen LogP contribution is 2.29. The van der Waals surface area contributed by atoms with E-state index in [9.17, 15) is 8.42 Å². The van der Waals surface area contributed by atoms with Crippen molar-refractivity contribution < 1.29 is 8.42 Å². The third-order valence-electron chi connectivity index (χ3n) is 4.51. The molecule has 0 aromatic carbocycles. The first kappa shape index (κ1) is 15.6. The number of nitrogens with zero attached hydrogens (tertiary/aromatic N) is 1. The summed E-state index contributed by atoms with van der Waals surface area (Å²) in [5, 5.41) is 3.13. The average Bonchev–Trinajstić information content (AvgIpc) is 2.86. The van der Waals surface area contributed by atoms with Gasteiger partial charge in [-0.25, -0.2) is 8.42 Å². The Morgan fingerprint density at radius 1 is 1.37 bits per heavy atom. The summed E-state index contributed by atoms with van der Waals surface area (Å²) in [5.74, 6) is 2.68. The topological polar surface area (TPSA) is 49.4 Å². The smallest absolute Gasteiger partial charge is 0.166 e. The minimum Gasteiger partial charge on any atom is -0.317 e. The van der Waals surface area contributed by atoms with Gasteiger partial charge in [-0.15, -0.1) is 0 Å². The Morgan fingerprint density at radius 2 is 2.16 bits per heavy atom. The molecule has 1 heterocycles. The summed E-state index contributed by atoms with van der Waals surface area (Å²) in [6.45, 7) is 3.62. The molecule has 2 fully saturated rings. The zero-order chi connectivity index (χ0) is 13.9. The van der Waals surface area contributed by atoms with Crippen molar-refractivity contribution in [2.24, 2.45) is 5.92 Å². The molecule has 112 valence electrons. The van der Waals surface area contributed by atoms with Crippen LogP contribution in [-0.2, 0) is 9.84 Å². The molecular weight excluding hydrogens is 280 g/mol. The van der Waals surface area contributed by atoms with Crippen LogP contribution in [0.1, 0.15) is 26.2 Å². The van der Waals surface area contributed by atoms with E-state index in [1.54, 1.807) is 18.7 Å². The molecule has 1 saturated carbocycles. The average molecular weight is 306 g/mol. The Balaban J connectivity index is 2.04. The molecule has 0 aromatic rings. The van der Waals surface area contributed by atoms with Crippen molar-refractivity contribution in [2.75, 3.05) is 37.4 Å². The van der Waals surface area contributed by atoms with Crippen LogP contribution < -0.4 is 5.32 Å². The van der Waals surface area contributed by atoms with Gasteiger partial charge in [0.1, 0.15) is 5.37 Å². The first-order valence-electron chi connectivity index (χ1n) is 7.29. The van der Waals surface area contributed by atoms with E-state index in [2.05, 4.69) is 10.2 Å². The fourth-order valence-electron chi connectivity index (χ4n) is 3.28. The van der Waals surface area contributed by atoms with Crippen LogP contribution in [0.3, 0.4) is 0 Å². The van der Waals surface area contributed by atoms with E-state index < -0.39 is 9.84 Å². The van der Waals surface area contributed by atoms with Crippen molar-refractivity contribution in [2.45, 2.75) is 37.6 Å². The SMILES string of the molecule is CCS(=O)(=O)C1CSCCN1CC1CCCC1NC. The van der Waals surface area contributed by atoms with Crippen molar-refractivity contribution in [1.29, 1.82) is 0 Å². The zero-order valence-electron chi connectivity index (χ0n) is 12.0. The lowest BCUT2D eigenvalue weighted by molar-refractivity contribution is 0.212. The van der Waals surface area contributed by atoms with E-state index in [1.165, 1.54) is 19.3 Å². The zero-order valence-corrected chi connectivity index (χ0v) is 13.6. The fourth-order valence-corrected chi connectivity index (χ4v) is 6.38. The third kappa shape index (κ3) is 3.65. The molecule has 0 amide bonds. The van der Waals surface area contributed by atoms with Gasteiger partial charge in [-0.2, -0.15) is 11.8 Å². The number of hydrogen-bond acceptors (Lipinski definition) is 5. The summed E-state index contributed by atoms with van der Waals surface area (Å²) in [5.41, 5.74) is 0. The molecule has 3 unspecified atom stereocenters. The van der Waals surface area contributed by atoms with Crippen LogP contribution in [0.5, 0.6) is 0 Å². The molecule has 0 aromatic heterocycles. The van der Waals surface area contributed by atoms with Crippen molar-refractivity contribution >= 4 is 21.6 Å². The molecule has 1 aliphatic heterocycles. The molecule has 4 nitrogen and oxygen atoms in total. The first-order chi connectivity index (χ1) is 9.08. The van der Waals surface area contributed by atoms with E-state index in [-0.39, 0.29) is 11.1 Å². The van der Waals surface area contributed by atoms with Crippen LogP contribution in [0.15, 0.2) is 0 Å². The predicted molar refractivity (Wildman–Crippen MR) is 82.3 cm³/mol. The largest absolute Gasteiger partial charge is 0.317 e. The van der Waals surface area contributed by atoms with Gasteiger partial charge >= 0.3 is 0 Å². The Kier molecular flexibility index (Phi) is 5.57. The van der Waals surface area contributed by atoms with Gasteiger partial charge in [0.05, 0.1) is 0 Å². The van der Waals surface area contributed by atoms with Crippen molar-refractivity contribution in [3.8, 4) is 0 Å². The van der Waals surface area contributed by atoms with Crippen molar-refractivity contribution in [3.05, 3.63) is 0 Å². The lowest BCUT2D eigenvalue weighted by Gasteiger charge is -2.37. The summed E-state index contributed by atoms with van der Waals surface area (Å²) in [7, 11) is -0.928. The summed E-state index contributed by atoms with van der Waals surface area (Å²) >= 11 is 1.78. The van der Waals surface area contributed by atoms with Gasteiger partial charge in [-0.05, 0) is 25.8 Å². The Hall–Kier alpha value is 0.220. The molecule has 1 saturated heterocycles. The molecule has 19 heavy (non-hydrogen) atoms. The molecule has 1 aliphatic carbocycles. The molecule has 0 bridgehead atoms.